The van der Waals surface area contributed by atoms with E-state index in [1.165, 1.54) is 71.4 Å². The van der Waals surface area contributed by atoms with Crippen molar-refractivity contribution in [3.8, 4) is 0 Å². The van der Waals surface area contributed by atoms with Crippen molar-refractivity contribution in [2.24, 2.45) is 22.7 Å². The first-order valence-corrected chi connectivity index (χ1v) is 12.0. The van der Waals surface area contributed by atoms with Crippen molar-refractivity contribution >= 4 is 0 Å². The van der Waals surface area contributed by atoms with E-state index in [1.807, 2.05) is 0 Å². The van der Waals surface area contributed by atoms with Gasteiger partial charge in [-0.2, -0.15) is 0 Å². The van der Waals surface area contributed by atoms with Crippen LogP contribution in [0.15, 0.2) is 0 Å². The fourth-order valence-electron chi connectivity index (χ4n) is 4.52. The molecule has 0 radical (unpaired) electrons. The van der Waals surface area contributed by atoms with Crippen LogP contribution in [-0.2, 0) is 0 Å². The highest BCUT2D eigenvalue weighted by Gasteiger charge is 2.45. The zero-order chi connectivity index (χ0) is 21.1. The molecule has 27 heavy (non-hydrogen) atoms. The van der Waals surface area contributed by atoms with Gasteiger partial charge in [0.15, 0.2) is 0 Å². The van der Waals surface area contributed by atoms with Crippen LogP contribution in [0.3, 0.4) is 0 Å². The monoisotopic (exact) mass is 382 g/mol. The molecule has 164 valence electrons. The third-order valence-electron chi connectivity index (χ3n) is 5.84. The van der Waals surface area contributed by atoms with Gasteiger partial charge in [0.2, 0.25) is 0 Å². The second kappa shape index (κ2) is 13.2. The average molecular weight is 383 g/mol. The van der Waals surface area contributed by atoms with Gasteiger partial charge in [-0.05, 0) is 68.0 Å². The number of hydrogen-bond donors (Lipinski definition) is 0. The van der Waals surface area contributed by atoms with Crippen LogP contribution in [0.25, 0.3) is 0 Å². The minimum atomic E-state index is 0.528. The Kier molecular flexibility index (Phi) is 13.2. The molecule has 2 heterocycles. The molecule has 2 rings (SSSR count). The maximum atomic E-state index is 2.74. The van der Waals surface area contributed by atoms with E-state index in [0.29, 0.717) is 10.8 Å². The quantitative estimate of drug-likeness (QED) is 0.490. The van der Waals surface area contributed by atoms with Gasteiger partial charge in [-0.25, -0.2) is 0 Å². The van der Waals surface area contributed by atoms with Crippen molar-refractivity contribution in [2.45, 2.75) is 101 Å². The number of rotatable bonds is 6. The maximum absolute atomic E-state index is 2.74. The summed E-state index contributed by atoms with van der Waals surface area (Å²) in [6.45, 7) is 30.6. The standard InChI is InChI=1S/C18H36N2.C4H10.C3H8/c1-6-17(5,12-16(3)4)13-20-14-18(15-20)8-10-19(7-2)11-9-18;1-4(2)3;1-3-2/h16H,6-15H2,1-5H3;4H,1-3H3;3H2,1-2H3. The molecule has 2 aliphatic rings. The lowest BCUT2D eigenvalue weighted by Crippen LogP contribution is -2.61. The second-order valence-electron chi connectivity index (χ2n) is 10.8. The maximum Gasteiger partial charge on any atom is 0.00517 e. The molecular formula is C25H54N2. The Hall–Kier alpha value is -0.0800. The van der Waals surface area contributed by atoms with Crippen LogP contribution < -0.4 is 0 Å². The Morgan fingerprint density at radius 3 is 1.63 bits per heavy atom. The molecule has 0 aromatic carbocycles. The fourth-order valence-corrected chi connectivity index (χ4v) is 4.52. The molecule has 2 nitrogen and oxygen atoms in total. The molecule has 0 aromatic heterocycles. The molecule has 0 amide bonds. The minimum absolute atomic E-state index is 0.528. The van der Waals surface area contributed by atoms with Gasteiger partial charge < -0.3 is 9.80 Å². The average Bonchev–Trinajstić information content (AvgIpc) is 2.53. The Morgan fingerprint density at radius 1 is 0.852 bits per heavy atom. The molecule has 2 saturated heterocycles. The Morgan fingerprint density at radius 2 is 1.30 bits per heavy atom. The van der Waals surface area contributed by atoms with E-state index >= 15 is 0 Å². The number of piperidine rings is 1. The number of hydrogen-bond acceptors (Lipinski definition) is 2. The Bertz CT molecular complexity index is 345. The molecule has 2 heteroatoms. The summed E-state index contributed by atoms with van der Waals surface area (Å²) >= 11 is 0. The van der Waals surface area contributed by atoms with Crippen LogP contribution in [0.5, 0.6) is 0 Å². The molecule has 0 aliphatic carbocycles. The van der Waals surface area contributed by atoms with E-state index < -0.39 is 0 Å². The predicted octanol–water partition coefficient (Wildman–Crippen LogP) is 6.95. The molecular weight excluding hydrogens is 328 g/mol. The summed E-state index contributed by atoms with van der Waals surface area (Å²) in [5.74, 6) is 1.66. The minimum Gasteiger partial charge on any atom is -0.304 e. The van der Waals surface area contributed by atoms with E-state index in [0.717, 1.165) is 11.8 Å². The first kappa shape index (κ1) is 26.9. The van der Waals surface area contributed by atoms with Gasteiger partial charge in [0, 0.05) is 19.6 Å². The summed E-state index contributed by atoms with van der Waals surface area (Å²) in [6.07, 6.45) is 6.81. The summed E-state index contributed by atoms with van der Waals surface area (Å²) in [5.41, 5.74) is 1.22. The molecule has 1 atom stereocenters. The van der Waals surface area contributed by atoms with Gasteiger partial charge in [-0.3, -0.25) is 0 Å². The summed E-state index contributed by atoms with van der Waals surface area (Å²) in [6, 6.07) is 0. The van der Waals surface area contributed by atoms with Crippen molar-refractivity contribution in [1.82, 2.24) is 9.80 Å². The summed E-state index contributed by atoms with van der Waals surface area (Å²) in [7, 11) is 0. The number of nitrogens with zero attached hydrogens (tertiary/aromatic N) is 2. The van der Waals surface area contributed by atoms with Crippen LogP contribution in [-0.4, -0.2) is 49.1 Å². The summed E-state index contributed by atoms with van der Waals surface area (Å²) < 4.78 is 0. The number of likely N-dealkylation sites (tertiary alicyclic amines) is 2. The van der Waals surface area contributed by atoms with Crippen molar-refractivity contribution in [2.75, 3.05) is 39.3 Å². The molecule has 0 saturated carbocycles. The van der Waals surface area contributed by atoms with E-state index in [2.05, 4.69) is 79.0 Å². The van der Waals surface area contributed by atoms with Crippen molar-refractivity contribution in [1.29, 1.82) is 0 Å². The van der Waals surface area contributed by atoms with E-state index in [9.17, 15) is 0 Å². The molecule has 0 aromatic rings. The van der Waals surface area contributed by atoms with Crippen LogP contribution in [0.4, 0.5) is 0 Å². The largest absolute Gasteiger partial charge is 0.304 e. The van der Waals surface area contributed by atoms with Gasteiger partial charge in [0.25, 0.3) is 0 Å². The highest BCUT2D eigenvalue weighted by atomic mass is 15.2. The molecule has 1 unspecified atom stereocenters. The van der Waals surface area contributed by atoms with E-state index in [4.69, 9.17) is 0 Å². The van der Waals surface area contributed by atoms with Gasteiger partial charge in [0.05, 0.1) is 0 Å². The highest BCUT2D eigenvalue weighted by Crippen LogP contribution is 2.43. The van der Waals surface area contributed by atoms with E-state index in [1.54, 1.807) is 0 Å². The SMILES string of the molecule is CC(C)C.CCC.CCN1CCC2(CC1)CN(CC(C)(CC)CC(C)C)C2. The molecule has 2 fully saturated rings. The summed E-state index contributed by atoms with van der Waals surface area (Å²) in [5, 5.41) is 0. The van der Waals surface area contributed by atoms with Crippen LogP contribution in [0, 0.1) is 22.7 Å². The smallest absolute Gasteiger partial charge is 0.00517 e. The lowest BCUT2D eigenvalue weighted by molar-refractivity contribution is -0.0654. The Labute approximate surface area is 173 Å². The fraction of sp³-hybridized carbons (Fsp3) is 1.00. The van der Waals surface area contributed by atoms with Crippen LogP contribution in [0.1, 0.15) is 101 Å². The van der Waals surface area contributed by atoms with Crippen molar-refractivity contribution in [3.63, 3.8) is 0 Å². The van der Waals surface area contributed by atoms with E-state index in [-0.39, 0.29) is 0 Å². The Balaban J connectivity index is 0.000000836. The van der Waals surface area contributed by atoms with Crippen LogP contribution in [0.2, 0.25) is 0 Å². The van der Waals surface area contributed by atoms with Gasteiger partial charge in [-0.1, -0.05) is 75.7 Å². The van der Waals surface area contributed by atoms with Crippen LogP contribution >= 0.6 is 0 Å². The molecule has 0 N–H and O–H groups in total. The van der Waals surface area contributed by atoms with Crippen molar-refractivity contribution in [3.05, 3.63) is 0 Å². The third-order valence-corrected chi connectivity index (χ3v) is 5.84. The topological polar surface area (TPSA) is 6.48 Å². The first-order valence-electron chi connectivity index (χ1n) is 12.0. The highest BCUT2D eigenvalue weighted by molar-refractivity contribution is 4.99. The normalized spacial score (nSPS) is 21.8. The lowest BCUT2D eigenvalue weighted by atomic mass is 9.70. The molecule has 2 aliphatic heterocycles. The van der Waals surface area contributed by atoms with Crippen molar-refractivity contribution < 1.29 is 0 Å². The predicted molar refractivity (Wildman–Crippen MR) is 125 cm³/mol. The van der Waals surface area contributed by atoms with Gasteiger partial charge in [0.1, 0.15) is 0 Å². The third kappa shape index (κ3) is 10.9. The zero-order valence-electron chi connectivity index (χ0n) is 20.8. The molecule has 1 spiro atoms. The first-order chi connectivity index (χ1) is 12.5. The summed E-state index contributed by atoms with van der Waals surface area (Å²) in [4.78, 5) is 5.36. The zero-order valence-corrected chi connectivity index (χ0v) is 20.8. The lowest BCUT2D eigenvalue weighted by Gasteiger charge is -2.56. The second-order valence-corrected chi connectivity index (χ2v) is 10.8. The van der Waals surface area contributed by atoms with Gasteiger partial charge in [-0.15, -0.1) is 0 Å². The van der Waals surface area contributed by atoms with Gasteiger partial charge >= 0.3 is 0 Å². The molecule has 0 bridgehead atoms.